The molecule has 0 spiro atoms. The van der Waals surface area contributed by atoms with E-state index in [0.29, 0.717) is 17.1 Å². The smallest absolute Gasteiger partial charge is 0.251 e. The van der Waals surface area contributed by atoms with Gasteiger partial charge in [-0.1, -0.05) is 12.8 Å². The van der Waals surface area contributed by atoms with Crippen LogP contribution in [-0.2, 0) is 4.79 Å². The van der Waals surface area contributed by atoms with E-state index in [2.05, 4.69) is 10.2 Å². The van der Waals surface area contributed by atoms with Crippen LogP contribution in [0, 0.1) is 0 Å². The molecule has 1 fully saturated rings. The Morgan fingerprint density at radius 3 is 2.58 bits per heavy atom. The SMILES string of the molecule is NC(=O)c1ccsc1NC(=O)CN1CCCCCC1. The molecular formula is C13H19N3O2S. The zero-order chi connectivity index (χ0) is 13.7. The molecule has 0 aromatic carbocycles. The zero-order valence-corrected chi connectivity index (χ0v) is 11.7. The average Bonchev–Trinajstić information content (AvgIpc) is 2.66. The number of hydrogen-bond acceptors (Lipinski definition) is 4. The van der Waals surface area contributed by atoms with Crippen LogP contribution in [0.2, 0.25) is 0 Å². The molecule has 0 unspecified atom stereocenters. The number of anilines is 1. The Bertz CT molecular complexity index is 450. The first-order chi connectivity index (χ1) is 9.16. The van der Waals surface area contributed by atoms with Crippen molar-refractivity contribution in [2.24, 2.45) is 5.73 Å². The van der Waals surface area contributed by atoms with Crippen molar-refractivity contribution >= 4 is 28.2 Å². The van der Waals surface area contributed by atoms with Gasteiger partial charge in [0.2, 0.25) is 5.91 Å². The van der Waals surface area contributed by atoms with E-state index in [1.54, 1.807) is 11.4 Å². The van der Waals surface area contributed by atoms with Crippen LogP contribution in [0.3, 0.4) is 0 Å². The van der Waals surface area contributed by atoms with E-state index in [1.165, 1.54) is 24.2 Å². The molecule has 0 bridgehead atoms. The zero-order valence-electron chi connectivity index (χ0n) is 10.9. The summed E-state index contributed by atoms with van der Waals surface area (Å²) < 4.78 is 0. The van der Waals surface area contributed by atoms with E-state index >= 15 is 0 Å². The first-order valence-corrected chi connectivity index (χ1v) is 7.44. The number of amides is 2. The number of likely N-dealkylation sites (tertiary alicyclic amines) is 1. The number of rotatable bonds is 4. The molecule has 1 aliphatic rings. The van der Waals surface area contributed by atoms with Crippen molar-refractivity contribution in [3.05, 3.63) is 17.0 Å². The number of nitrogens with one attached hydrogen (secondary N) is 1. The van der Waals surface area contributed by atoms with Gasteiger partial charge >= 0.3 is 0 Å². The molecule has 1 aromatic heterocycles. The average molecular weight is 281 g/mol. The molecule has 1 aromatic rings. The Morgan fingerprint density at radius 1 is 1.26 bits per heavy atom. The topological polar surface area (TPSA) is 75.4 Å². The van der Waals surface area contributed by atoms with Crippen molar-refractivity contribution < 1.29 is 9.59 Å². The number of nitrogens with zero attached hydrogens (tertiary/aromatic N) is 1. The Labute approximate surface area is 116 Å². The molecule has 19 heavy (non-hydrogen) atoms. The highest BCUT2D eigenvalue weighted by Crippen LogP contribution is 2.22. The molecule has 0 aliphatic carbocycles. The summed E-state index contributed by atoms with van der Waals surface area (Å²) >= 11 is 1.32. The highest BCUT2D eigenvalue weighted by Gasteiger charge is 2.16. The molecule has 0 radical (unpaired) electrons. The lowest BCUT2D eigenvalue weighted by Crippen LogP contribution is -2.34. The summed E-state index contributed by atoms with van der Waals surface area (Å²) in [5.74, 6) is -0.585. The van der Waals surface area contributed by atoms with Gasteiger partial charge < -0.3 is 11.1 Å². The second-order valence-corrected chi connectivity index (χ2v) is 5.68. The van der Waals surface area contributed by atoms with E-state index in [9.17, 15) is 9.59 Å². The van der Waals surface area contributed by atoms with Gasteiger partial charge in [-0.3, -0.25) is 14.5 Å². The highest BCUT2D eigenvalue weighted by atomic mass is 32.1. The molecule has 5 nitrogen and oxygen atoms in total. The summed E-state index contributed by atoms with van der Waals surface area (Å²) in [5, 5.41) is 5.08. The minimum Gasteiger partial charge on any atom is -0.366 e. The first kappa shape index (κ1) is 14.0. The van der Waals surface area contributed by atoms with Gasteiger partial charge in [-0.15, -0.1) is 11.3 Å². The van der Waals surface area contributed by atoms with Crippen LogP contribution in [0.1, 0.15) is 36.0 Å². The van der Waals surface area contributed by atoms with E-state index in [4.69, 9.17) is 5.73 Å². The van der Waals surface area contributed by atoms with Crippen LogP contribution in [0.15, 0.2) is 11.4 Å². The van der Waals surface area contributed by atoms with Crippen LogP contribution >= 0.6 is 11.3 Å². The number of nitrogens with two attached hydrogens (primary N) is 1. The maximum absolute atomic E-state index is 12.0. The summed E-state index contributed by atoms with van der Waals surface area (Å²) in [6.07, 6.45) is 4.79. The second-order valence-electron chi connectivity index (χ2n) is 4.77. The molecular weight excluding hydrogens is 262 g/mol. The summed E-state index contributed by atoms with van der Waals surface area (Å²) in [5.41, 5.74) is 5.63. The number of thiophene rings is 1. The fourth-order valence-corrected chi connectivity index (χ4v) is 3.07. The Hall–Kier alpha value is -1.40. The molecule has 2 rings (SSSR count). The van der Waals surface area contributed by atoms with E-state index in [1.807, 2.05) is 0 Å². The fraction of sp³-hybridized carbons (Fsp3) is 0.538. The predicted octanol–water partition coefficient (Wildman–Crippen LogP) is 1.66. The third-order valence-corrected chi connectivity index (χ3v) is 4.08. The predicted molar refractivity (Wildman–Crippen MR) is 76.4 cm³/mol. The number of primary amides is 1. The lowest BCUT2D eigenvalue weighted by molar-refractivity contribution is -0.117. The van der Waals surface area contributed by atoms with Gasteiger partial charge in [-0.25, -0.2) is 0 Å². The Kier molecular flexibility index (Phi) is 4.93. The van der Waals surface area contributed by atoms with Gasteiger partial charge in [0, 0.05) is 0 Å². The van der Waals surface area contributed by atoms with Crippen LogP contribution in [0.4, 0.5) is 5.00 Å². The summed E-state index contributed by atoms with van der Waals surface area (Å²) in [6, 6.07) is 1.63. The molecule has 3 N–H and O–H groups in total. The summed E-state index contributed by atoms with van der Waals surface area (Å²) in [4.78, 5) is 25.3. The van der Waals surface area contributed by atoms with Crippen LogP contribution in [0.5, 0.6) is 0 Å². The Morgan fingerprint density at radius 2 is 1.95 bits per heavy atom. The van der Waals surface area contributed by atoms with Gasteiger partial charge in [0.05, 0.1) is 12.1 Å². The normalized spacial score (nSPS) is 16.8. The van der Waals surface area contributed by atoms with Crippen molar-refractivity contribution in [2.75, 3.05) is 25.0 Å². The third kappa shape index (κ3) is 4.04. The van der Waals surface area contributed by atoms with Crippen LogP contribution in [0.25, 0.3) is 0 Å². The van der Waals surface area contributed by atoms with Crippen molar-refractivity contribution in [1.29, 1.82) is 0 Å². The third-order valence-electron chi connectivity index (χ3n) is 3.25. The minimum absolute atomic E-state index is 0.0770. The molecule has 2 heterocycles. The number of hydrogen-bond donors (Lipinski definition) is 2. The lowest BCUT2D eigenvalue weighted by Gasteiger charge is -2.18. The maximum atomic E-state index is 12.0. The van der Waals surface area contributed by atoms with Gasteiger partial charge in [-0.2, -0.15) is 0 Å². The van der Waals surface area contributed by atoms with Crippen molar-refractivity contribution in [1.82, 2.24) is 4.90 Å². The van der Waals surface area contributed by atoms with E-state index < -0.39 is 5.91 Å². The number of carbonyl (C=O) groups excluding carboxylic acids is 2. The molecule has 1 saturated heterocycles. The largest absolute Gasteiger partial charge is 0.366 e. The standard InChI is InChI=1S/C13H19N3O2S/c14-12(18)10-5-8-19-13(10)15-11(17)9-16-6-3-1-2-4-7-16/h5,8H,1-4,6-7,9H2,(H2,14,18)(H,15,17). The van der Waals surface area contributed by atoms with E-state index in [0.717, 1.165) is 25.9 Å². The van der Waals surface area contributed by atoms with Gasteiger partial charge in [-0.05, 0) is 37.4 Å². The van der Waals surface area contributed by atoms with Crippen LogP contribution in [-0.4, -0.2) is 36.3 Å². The highest BCUT2D eigenvalue weighted by molar-refractivity contribution is 7.14. The quantitative estimate of drug-likeness (QED) is 0.881. The Balaban J connectivity index is 1.89. The van der Waals surface area contributed by atoms with Gasteiger partial charge in [0.25, 0.3) is 5.91 Å². The molecule has 0 saturated carbocycles. The molecule has 104 valence electrons. The molecule has 6 heteroatoms. The maximum Gasteiger partial charge on any atom is 0.251 e. The summed E-state index contributed by atoms with van der Waals surface area (Å²) in [7, 11) is 0. The molecule has 1 aliphatic heterocycles. The van der Waals surface area contributed by atoms with Crippen molar-refractivity contribution in [3.63, 3.8) is 0 Å². The molecule has 2 amide bonds. The molecule has 0 atom stereocenters. The van der Waals surface area contributed by atoms with Gasteiger partial charge in [0.1, 0.15) is 5.00 Å². The first-order valence-electron chi connectivity index (χ1n) is 6.56. The minimum atomic E-state index is -0.508. The van der Waals surface area contributed by atoms with Gasteiger partial charge in [0.15, 0.2) is 0 Å². The fourth-order valence-electron chi connectivity index (χ4n) is 2.26. The van der Waals surface area contributed by atoms with E-state index in [-0.39, 0.29) is 5.91 Å². The second kappa shape index (κ2) is 6.68. The van der Waals surface area contributed by atoms with Crippen molar-refractivity contribution in [3.8, 4) is 0 Å². The lowest BCUT2D eigenvalue weighted by atomic mass is 10.2. The summed E-state index contributed by atoms with van der Waals surface area (Å²) in [6.45, 7) is 2.33. The van der Waals surface area contributed by atoms with Crippen molar-refractivity contribution in [2.45, 2.75) is 25.7 Å². The monoisotopic (exact) mass is 281 g/mol. The number of carbonyl (C=O) groups is 2. The van der Waals surface area contributed by atoms with Crippen LogP contribution < -0.4 is 11.1 Å².